The fourth-order valence-electron chi connectivity index (χ4n) is 1.95. The van der Waals surface area contributed by atoms with Gasteiger partial charge in [0.15, 0.2) is 0 Å². The summed E-state index contributed by atoms with van der Waals surface area (Å²) in [6.07, 6.45) is 6.54. The van der Waals surface area contributed by atoms with Crippen molar-refractivity contribution < 1.29 is 0 Å². The topological polar surface area (TPSA) is 15.3 Å². The van der Waals surface area contributed by atoms with Gasteiger partial charge in [-0.2, -0.15) is 0 Å². The molecule has 2 nitrogen and oxygen atoms in total. The molecule has 1 saturated heterocycles. The SMILES string of the molecule is C=CN1CC(C(C)(C)C)CN/C1=C/CCC. The largest absolute Gasteiger partial charge is 0.371 e. The molecule has 0 spiro atoms. The van der Waals surface area contributed by atoms with Crippen LogP contribution in [-0.2, 0) is 0 Å². The van der Waals surface area contributed by atoms with Crippen LogP contribution in [0.1, 0.15) is 40.5 Å². The average molecular weight is 222 g/mol. The Morgan fingerprint density at radius 2 is 2.19 bits per heavy atom. The molecule has 1 heterocycles. The molecule has 1 fully saturated rings. The molecule has 0 aromatic rings. The van der Waals surface area contributed by atoms with E-state index in [0.717, 1.165) is 19.5 Å². The fraction of sp³-hybridized carbons (Fsp3) is 0.714. The van der Waals surface area contributed by atoms with Gasteiger partial charge in [0.1, 0.15) is 5.82 Å². The Hall–Kier alpha value is -0.920. The molecule has 0 saturated carbocycles. The first-order chi connectivity index (χ1) is 7.49. The molecule has 2 heteroatoms. The summed E-state index contributed by atoms with van der Waals surface area (Å²) in [5.74, 6) is 1.90. The van der Waals surface area contributed by atoms with Crippen molar-refractivity contribution in [3.63, 3.8) is 0 Å². The maximum Gasteiger partial charge on any atom is 0.101 e. The van der Waals surface area contributed by atoms with Gasteiger partial charge < -0.3 is 10.2 Å². The standard InChI is InChI=1S/C14H26N2/c1-6-8-9-13-15-10-12(14(3,4)5)11-16(13)7-2/h7,9,12,15H,2,6,8,10-11H2,1,3-5H3/b13-9-. The minimum absolute atomic E-state index is 0.352. The molecule has 1 N–H and O–H groups in total. The van der Waals surface area contributed by atoms with Crippen LogP contribution in [0.4, 0.5) is 0 Å². The third-order valence-corrected chi connectivity index (χ3v) is 3.33. The monoisotopic (exact) mass is 222 g/mol. The van der Waals surface area contributed by atoms with Gasteiger partial charge >= 0.3 is 0 Å². The van der Waals surface area contributed by atoms with Gasteiger partial charge in [0.2, 0.25) is 0 Å². The highest BCUT2D eigenvalue weighted by Gasteiger charge is 2.30. The molecule has 1 aliphatic rings. The molecule has 1 unspecified atom stereocenters. The van der Waals surface area contributed by atoms with Gasteiger partial charge in [0.05, 0.1) is 0 Å². The Morgan fingerprint density at radius 1 is 1.50 bits per heavy atom. The zero-order chi connectivity index (χ0) is 12.2. The van der Waals surface area contributed by atoms with Crippen LogP contribution in [-0.4, -0.2) is 18.0 Å². The molecule has 0 aliphatic carbocycles. The summed E-state index contributed by atoms with van der Waals surface area (Å²) >= 11 is 0. The minimum Gasteiger partial charge on any atom is -0.371 e. The van der Waals surface area contributed by atoms with E-state index in [0.29, 0.717) is 11.3 Å². The summed E-state index contributed by atoms with van der Waals surface area (Å²) in [4.78, 5) is 2.25. The van der Waals surface area contributed by atoms with E-state index in [-0.39, 0.29) is 0 Å². The first kappa shape index (κ1) is 13.1. The van der Waals surface area contributed by atoms with Crippen LogP contribution in [0, 0.1) is 11.3 Å². The van der Waals surface area contributed by atoms with E-state index in [9.17, 15) is 0 Å². The van der Waals surface area contributed by atoms with Crippen molar-refractivity contribution in [2.24, 2.45) is 11.3 Å². The lowest BCUT2D eigenvalue weighted by atomic mass is 9.79. The van der Waals surface area contributed by atoms with E-state index >= 15 is 0 Å². The number of allylic oxidation sites excluding steroid dienone is 1. The second-order valence-electron chi connectivity index (χ2n) is 5.66. The molecule has 0 amide bonds. The first-order valence-electron chi connectivity index (χ1n) is 6.32. The van der Waals surface area contributed by atoms with Gasteiger partial charge in [-0.25, -0.2) is 0 Å². The van der Waals surface area contributed by atoms with Crippen molar-refractivity contribution in [1.82, 2.24) is 10.2 Å². The van der Waals surface area contributed by atoms with Crippen molar-refractivity contribution in [2.75, 3.05) is 13.1 Å². The van der Waals surface area contributed by atoms with Gasteiger partial charge in [-0.05, 0) is 30.0 Å². The zero-order valence-corrected chi connectivity index (χ0v) is 11.2. The summed E-state index contributed by atoms with van der Waals surface area (Å²) < 4.78 is 0. The van der Waals surface area contributed by atoms with E-state index in [2.05, 4.69) is 50.6 Å². The molecule has 16 heavy (non-hydrogen) atoms. The van der Waals surface area contributed by atoms with Crippen molar-refractivity contribution in [2.45, 2.75) is 40.5 Å². The smallest absolute Gasteiger partial charge is 0.101 e. The van der Waals surface area contributed by atoms with E-state index in [1.807, 2.05) is 6.20 Å². The lowest BCUT2D eigenvalue weighted by Crippen LogP contribution is -2.47. The predicted molar refractivity (Wildman–Crippen MR) is 70.8 cm³/mol. The molecule has 0 aromatic carbocycles. The van der Waals surface area contributed by atoms with Crippen LogP contribution in [0.25, 0.3) is 0 Å². The second kappa shape index (κ2) is 5.42. The molecular weight excluding hydrogens is 196 g/mol. The van der Waals surface area contributed by atoms with E-state index in [4.69, 9.17) is 0 Å². The summed E-state index contributed by atoms with van der Waals surface area (Å²) in [5.41, 5.74) is 0.352. The zero-order valence-electron chi connectivity index (χ0n) is 11.2. The maximum absolute atomic E-state index is 3.90. The van der Waals surface area contributed by atoms with Crippen molar-refractivity contribution in [1.29, 1.82) is 0 Å². The van der Waals surface area contributed by atoms with E-state index in [1.54, 1.807) is 0 Å². The lowest BCUT2D eigenvalue weighted by Gasteiger charge is -2.41. The molecule has 0 bridgehead atoms. The Bertz CT molecular complexity index is 260. The van der Waals surface area contributed by atoms with Crippen LogP contribution in [0.2, 0.25) is 0 Å². The highest BCUT2D eigenvalue weighted by Crippen LogP contribution is 2.29. The number of nitrogens with one attached hydrogen (secondary N) is 1. The highest BCUT2D eigenvalue weighted by atomic mass is 15.3. The third-order valence-electron chi connectivity index (χ3n) is 3.33. The molecule has 1 aliphatic heterocycles. The Labute approximate surface area is 100 Å². The van der Waals surface area contributed by atoms with Crippen molar-refractivity contribution in [3.05, 3.63) is 24.7 Å². The van der Waals surface area contributed by atoms with Crippen LogP contribution in [0.15, 0.2) is 24.7 Å². The third kappa shape index (κ3) is 3.29. The summed E-state index contributed by atoms with van der Waals surface area (Å²) in [5, 5.41) is 3.53. The molecule has 92 valence electrons. The number of hydrogen-bond donors (Lipinski definition) is 1. The minimum atomic E-state index is 0.352. The van der Waals surface area contributed by atoms with Gasteiger partial charge in [-0.15, -0.1) is 0 Å². The highest BCUT2D eigenvalue weighted by molar-refractivity contribution is 5.07. The lowest BCUT2D eigenvalue weighted by molar-refractivity contribution is 0.160. The first-order valence-corrected chi connectivity index (χ1v) is 6.32. The summed E-state index contributed by atoms with van der Waals surface area (Å²) in [7, 11) is 0. The number of rotatable bonds is 3. The van der Waals surface area contributed by atoms with Crippen LogP contribution < -0.4 is 5.32 Å². The Kier molecular flexibility index (Phi) is 4.45. The number of hydrogen-bond acceptors (Lipinski definition) is 2. The predicted octanol–water partition coefficient (Wildman–Crippen LogP) is 3.34. The van der Waals surface area contributed by atoms with Gasteiger partial charge in [0.25, 0.3) is 0 Å². The molecular formula is C14H26N2. The van der Waals surface area contributed by atoms with Crippen molar-refractivity contribution >= 4 is 0 Å². The quantitative estimate of drug-likeness (QED) is 0.788. The molecule has 0 radical (unpaired) electrons. The Morgan fingerprint density at radius 3 is 2.69 bits per heavy atom. The summed E-state index contributed by atoms with van der Waals surface area (Å²) in [6.45, 7) is 15.2. The van der Waals surface area contributed by atoms with E-state index < -0.39 is 0 Å². The molecule has 1 rings (SSSR count). The van der Waals surface area contributed by atoms with Crippen LogP contribution >= 0.6 is 0 Å². The van der Waals surface area contributed by atoms with Crippen LogP contribution in [0.5, 0.6) is 0 Å². The second-order valence-corrected chi connectivity index (χ2v) is 5.66. The van der Waals surface area contributed by atoms with Crippen molar-refractivity contribution in [3.8, 4) is 0 Å². The normalized spacial score (nSPS) is 24.4. The molecule has 0 aromatic heterocycles. The van der Waals surface area contributed by atoms with E-state index in [1.165, 1.54) is 12.2 Å². The average Bonchev–Trinajstić information content (AvgIpc) is 2.24. The Balaban J connectivity index is 2.67. The molecule has 1 atom stereocenters. The van der Waals surface area contributed by atoms with Gasteiger partial charge in [-0.1, -0.05) is 40.7 Å². The maximum atomic E-state index is 3.90. The van der Waals surface area contributed by atoms with Crippen LogP contribution in [0.3, 0.4) is 0 Å². The fourth-order valence-corrected chi connectivity index (χ4v) is 1.95. The number of nitrogens with zero attached hydrogens (tertiary/aromatic N) is 1. The van der Waals surface area contributed by atoms with Gasteiger partial charge in [0, 0.05) is 13.1 Å². The number of unbranched alkanes of at least 4 members (excludes halogenated alkanes) is 1. The van der Waals surface area contributed by atoms with Gasteiger partial charge in [-0.3, -0.25) is 0 Å². The summed E-state index contributed by atoms with van der Waals surface area (Å²) in [6, 6.07) is 0.